The van der Waals surface area contributed by atoms with Crippen molar-refractivity contribution in [1.82, 2.24) is 5.32 Å². The summed E-state index contributed by atoms with van der Waals surface area (Å²) in [5.41, 5.74) is -0.0597. The zero-order valence-corrected chi connectivity index (χ0v) is 8.94. The van der Waals surface area contributed by atoms with Crippen molar-refractivity contribution in [2.24, 2.45) is 5.41 Å². The van der Waals surface area contributed by atoms with Crippen LogP contribution in [0.5, 0.6) is 0 Å². The van der Waals surface area contributed by atoms with Crippen LogP contribution in [0.25, 0.3) is 0 Å². The molecule has 1 unspecified atom stereocenters. The van der Waals surface area contributed by atoms with Crippen LogP contribution < -0.4 is 5.32 Å². The standard InChI is InChI=1S/C8H17NO2S/c1-5-11-7(10)9-6(12)8(2,3)4/h6,12H,5H2,1-4H3,(H,9,10). The molecule has 0 rings (SSSR count). The summed E-state index contributed by atoms with van der Waals surface area (Å²) >= 11 is 4.23. The normalized spacial score (nSPS) is 13.8. The van der Waals surface area contributed by atoms with Crippen LogP contribution in [0.1, 0.15) is 27.7 Å². The lowest BCUT2D eigenvalue weighted by Gasteiger charge is -2.26. The number of ether oxygens (including phenoxy) is 1. The molecule has 1 amide bonds. The molecule has 0 spiro atoms. The van der Waals surface area contributed by atoms with Crippen LogP contribution in [0.3, 0.4) is 0 Å². The molecule has 1 N–H and O–H groups in total. The van der Waals surface area contributed by atoms with Crippen molar-refractivity contribution in [3.63, 3.8) is 0 Å². The number of nitrogens with one attached hydrogen (secondary N) is 1. The highest BCUT2D eigenvalue weighted by molar-refractivity contribution is 7.81. The van der Waals surface area contributed by atoms with Crippen molar-refractivity contribution in [2.75, 3.05) is 6.61 Å². The molecule has 4 heteroatoms. The fraction of sp³-hybridized carbons (Fsp3) is 0.875. The van der Waals surface area contributed by atoms with Crippen molar-refractivity contribution in [3.8, 4) is 0 Å². The number of rotatable bonds is 2. The van der Waals surface area contributed by atoms with E-state index in [9.17, 15) is 4.79 Å². The minimum atomic E-state index is -0.410. The number of hydrogen-bond donors (Lipinski definition) is 2. The monoisotopic (exact) mass is 191 g/mol. The molecule has 0 aromatic carbocycles. The molecule has 0 bridgehead atoms. The molecule has 0 aromatic heterocycles. The van der Waals surface area contributed by atoms with E-state index in [2.05, 4.69) is 17.9 Å². The van der Waals surface area contributed by atoms with Gasteiger partial charge in [0.25, 0.3) is 0 Å². The minimum absolute atomic E-state index is 0.0597. The molecule has 0 aliphatic rings. The van der Waals surface area contributed by atoms with Gasteiger partial charge in [0.2, 0.25) is 0 Å². The van der Waals surface area contributed by atoms with Crippen molar-refractivity contribution in [2.45, 2.75) is 33.1 Å². The van der Waals surface area contributed by atoms with Gasteiger partial charge in [-0.1, -0.05) is 20.8 Å². The van der Waals surface area contributed by atoms with Gasteiger partial charge in [0.1, 0.15) is 0 Å². The Labute approximate surface area is 79.3 Å². The first-order valence-electron chi connectivity index (χ1n) is 3.99. The molecule has 0 saturated heterocycles. The summed E-state index contributed by atoms with van der Waals surface area (Å²) in [6.45, 7) is 8.14. The van der Waals surface area contributed by atoms with Crippen LogP contribution in [0.4, 0.5) is 4.79 Å². The number of alkyl carbamates (subject to hydrolysis) is 1. The first kappa shape index (κ1) is 11.6. The fourth-order valence-electron chi connectivity index (χ4n) is 0.501. The third kappa shape index (κ3) is 4.49. The van der Waals surface area contributed by atoms with Crippen LogP contribution in [0, 0.1) is 5.41 Å². The van der Waals surface area contributed by atoms with Crippen LogP contribution >= 0.6 is 12.6 Å². The first-order valence-corrected chi connectivity index (χ1v) is 4.51. The summed E-state index contributed by atoms with van der Waals surface area (Å²) in [4.78, 5) is 10.9. The van der Waals surface area contributed by atoms with Crippen molar-refractivity contribution in [3.05, 3.63) is 0 Å². The molecule has 0 aliphatic carbocycles. The Morgan fingerprint density at radius 3 is 2.42 bits per heavy atom. The topological polar surface area (TPSA) is 38.3 Å². The first-order chi connectivity index (χ1) is 5.38. The molecule has 0 saturated carbocycles. The number of amides is 1. The fourth-order valence-corrected chi connectivity index (χ4v) is 0.606. The van der Waals surface area contributed by atoms with Crippen molar-refractivity contribution >= 4 is 18.7 Å². The van der Waals surface area contributed by atoms with Gasteiger partial charge < -0.3 is 10.1 Å². The van der Waals surface area contributed by atoms with E-state index in [0.29, 0.717) is 6.61 Å². The Kier molecular flexibility index (Phi) is 4.45. The summed E-state index contributed by atoms with van der Waals surface area (Å²) in [6.07, 6.45) is -0.410. The van der Waals surface area contributed by atoms with E-state index in [4.69, 9.17) is 4.74 Å². The Bertz CT molecular complexity index is 154. The van der Waals surface area contributed by atoms with Gasteiger partial charge in [-0.15, -0.1) is 0 Å². The molecule has 3 nitrogen and oxygen atoms in total. The van der Waals surface area contributed by atoms with Gasteiger partial charge >= 0.3 is 6.09 Å². The molecule has 0 heterocycles. The highest BCUT2D eigenvalue weighted by Crippen LogP contribution is 2.21. The Balaban J connectivity index is 3.84. The Morgan fingerprint density at radius 2 is 2.08 bits per heavy atom. The number of carbonyl (C=O) groups is 1. The van der Waals surface area contributed by atoms with Gasteiger partial charge in [0, 0.05) is 0 Å². The molecule has 12 heavy (non-hydrogen) atoms. The van der Waals surface area contributed by atoms with E-state index in [1.54, 1.807) is 6.92 Å². The average Bonchev–Trinajstić information content (AvgIpc) is 1.85. The second-order valence-corrected chi connectivity index (χ2v) is 4.15. The second-order valence-electron chi connectivity index (χ2n) is 3.63. The third-order valence-electron chi connectivity index (χ3n) is 1.35. The van der Waals surface area contributed by atoms with Crippen LogP contribution in [-0.2, 0) is 4.74 Å². The van der Waals surface area contributed by atoms with Gasteiger partial charge in [0.15, 0.2) is 0 Å². The van der Waals surface area contributed by atoms with Crippen LogP contribution in [0.2, 0.25) is 0 Å². The van der Waals surface area contributed by atoms with Gasteiger partial charge in [-0.2, -0.15) is 12.6 Å². The molecule has 0 radical (unpaired) electrons. The second kappa shape index (κ2) is 4.60. The predicted octanol–water partition coefficient (Wildman–Crippen LogP) is 2.03. The molecule has 0 aliphatic heterocycles. The zero-order valence-electron chi connectivity index (χ0n) is 8.05. The predicted molar refractivity (Wildman–Crippen MR) is 52.4 cm³/mol. The summed E-state index contributed by atoms with van der Waals surface area (Å²) in [5.74, 6) is 0. The lowest BCUT2D eigenvalue weighted by atomic mass is 9.96. The third-order valence-corrected chi connectivity index (χ3v) is 2.25. The summed E-state index contributed by atoms with van der Waals surface area (Å²) in [5, 5.41) is 2.44. The maximum Gasteiger partial charge on any atom is 0.408 e. The molecule has 0 fully saturated rings. The Morgan fingerprint density at radius 1 is 1.58 bits per heavy atom. The highest BCUT2D eigenvalue weighted by Gasteiger charge is 2.22. The summed E-state index contributed by atoms with van der Waals surface area (Å²) in [6, 6.07) is 0. The molecule has 0 aromatic rings. The van der Waals surface area contributed by atoms with E-state index in [0.717, 1.165) is 0 Å². The smallest absolute Gasteiger partial charge is 0.408 e. The van der Waals surface area contributed by atoms with Gasteiger partial charge in [-0.3, -0.25) is 0 Å². The summed E-state index contributed by atoms with van der Waals surface area (Å²) < 4.78 is 4.71. The highest BCUT2D eigenvalue weighted by atomic mass is 32.1. The lowest BCUT2D eigenvalue weighted by Crippen LogP contribution is -2.39. The van der Waals surface area contributed by atoms with E-state index < -0.39 is 6.09 Å². The largest absolute Gasteiger partial charge is 0.450 e. The van der Waals surface area contributed by atoms with Crippen LogP contribution in [-0.4, -0.2) is 18.1 Å². The average molecular weight is 191 g/mol. The number of thiol groups is 1. The number of hydrogen-bond acceptors (Lipinski definition) is 3. The van der Waals surface area contributed by atoms with E-state index in [1.807, 2.05) is 20.8 Å². The molecular weight excluding hydrogens is 174 g/mol. The Hall–Kier alpha value is -0.380. The van der Waals surface area contributed by atoms with Gasteiger partial charge in [-0.25, -0.2) is 4.79 Å². The minimum Gasteiger partial charge on any atom is -0.450 e. The zero-order chi connectivity index (χ0) is 9.78. The molecular formula is C8H17NO2S. The van der Waals surface area contributed by atoms with E-state index in [-0.39, 0.29) is 10.8 Å². The maximum atomic E-state index is 10.9. The van der Waals surface area contributed by atoms with Crippen LogP contribution in [0.15, 0.2) is 0 Å². The van der Waals surface area contributed by atoms with Crippen molar-refractivity contribution < 1.29 is 9.53 Å². The molecule has 72 valence electrons. The van der Waals surface area contributed by atoms with E-state index >= 15 is 0 Å². The number of carbonyl (C=O) groups excluding carboxylic acids is 1. The molecule has 1 atom stereocenters. The van der Waals surface area contributed by atoms with E-state index in [1.165, 1.54) is 0 Å². The quantitative estimate of drug-likeness (QED) is 0.518. The van der Waals surface area contributed by atoms with Crippen molar-refractivity contribution in [1.29, 1.82) is 0 Å². The van der Waals surface area contributed by atoms with Gasteiger partial charge in [-0.05, 0) is 12.3 Å². The van der Waals surface area contributed by atoms with Gasteiger partial charge in [0.05, 0.1) is 12.0 Å². The summed E-state index contributed by atoms with van der Waals surface area (Å²) in [7, 11) is 0. The lowest BCUT2D eigenvalue weighted by molar-refractivity contribution is 0.146. The SMILES string of the molecule is CCOC(=O)NC(S)C(C)(C)C. The maximum absolute atomic E-state index is 10.9.